The summed E-state index contributed by atoms with van der Waals surface area (Å²) in [5.41, 5.74) is 12.2. The van der Waals surface area contributed by atoms with Gasteiger partial charge in [0.05, 0.1) is 17.2 Å². The summed E-state index contributed by atoms with van der Waals surface area (Å²) >= 11 is 1.08. The molecule has 0 aliphatic carbocycles. The van der Waals surface area contributed by atoms with Gasteiger partial charge in [0.15, 0.2) is 0 Å². The highest BCUT2D eigenvalue weighted by Gasteiger charge is 2.24. The number of aromatic carboxylic acids is 1. The number of fused-ring (bicyclic) bond motifs is 1. The van der Waals surface area contributed by atoms with Gasteiger partial charge in [0, 0.05) is 25.2 Å². The number of hydrogen-bond donors (Lipinski definition) is 3. The summed E-state index contributed by atoms with van der Waals surface area (Å²) < 4.78 is 5.90. The molecular weight excluding hydrogens is 328 g/mol. The number of anilines is 2. The molecule has 1 saturated heterocycles. The Balaban J connectivity index is 2.10. The number of ether oxygens (including phenoxy) is 1. The van der Waals surface area contributed by atoms with Crippen LogP contribution in [0.25, 0.3) is 10.2 Å². The Kier molecular flexibility index (Phi) is 4.51. The summed E-state index contributed by atoms with van der Waals surface area (Å²) in [4.78, 5) is 18.9. The molecule has 8 heteroatoms. The zero-order valence-corrected chi connectivity index (χ0v) is 14.6. The lowest BCUT2D eigenvalue weighted by Gasteiger charge is -2.31. The molecule has 2 aromatic rings. The second kappa shape index (κ2) is 6.45. The van der Waals surface area contributed by atoms with E-state index in [1.807, 2.05) is 19.9 Å². The topological polar surface area (TPSA) is 115 Å². The largest absolute Gasteiger partial charge is 0.490 e. The monoisotopic (exact) mass is 350 g/mol. The minimum absolute atomic E-state index is 0.0502. The maximum Gasteiger partial charge on any atom is 0.348 e. The van der Waals surface area contributed by atoms with Gasteiger partial charge >= 0.3 is 5.97 Å². The molecule has 0 aromatic carbocycles. The van der Waals surface area contributed by atoms with Crippen LogP contribution in [0.15, 0.2) is 6.07 Å². The first-order valence-electron chi connectivity index (χ1n) is 8.00. The molecule has 0 spiro atoms. The zero-order chi connectivity index (χ0) is 17.4. The number of nitrogens with zero attached hydrogens (tertiary/aromatic N) is 2. The van der Waals surface area contributed by atoms with E-state index in [2.05, 4.69) is 9.88 Å². The highest BCUT2D eigenvalue weighted by molar-refractivity contribution is 7.21. The van der Waals surface area contributed by atoms with Gasteiger partial charge in [0.2, 0.25) is 0 Å². The lowest BCUT2D eigenvalue weighted by atomic mass is 10.1. The van der Waals surface area contributed by atoms with Crippen LogP contribution in [0.4, 0.5) is 11.5 Å². The van der Waals surface area contributed by atoms with Gasteiger partial charge in [-0.1, -0.05) is 0 Å². The van der Waals surface area contributed by atoms with Crippen LogP contribution in [0.5, 0.6) is 5.75 Å². The fraction of sp³-hybridized carbons (Fsp3) is 0.500. The standard InChI is InChI=1S/C16H22N4O3S/c1-8(2)23-10-7-11(20-5-3-9(17)4-6-20)19-15-12(10)13(18)14(24-15)16(21)22/h7-9H,3-6,17-18H2,1-2H3,(H,21,22). The third kappa shape index (κ3) is 3.11. The molecule has 7 nitrogen and oxygen atoms in total. The van der Waals surface area contributed by atoms with E-state index in [1.165, 1.54) is 0 Å². The summed E-state index contributed by atoms with van der Waals surface area (Å²) in [6.07, 6.45) is 1.77. The third-order valence-electron chi connectivity index (χ3n) is 4.07. The molecule has 3 heterocycles. The van der Waals surface area contributed by atoms with Crippen LogP contribution in [0.1, 0.15) is 36.4 Å². The highest BCUT2D eigenvalue weighted by Crippen LogP contribution is 2.41. The van der Waals surface area contributed by atoms with Crippen LogP contribution in [0.2, 0.25) is 0 Å². The quantitative estimate of drug-likeness (QED) is 0.775. The summed E-state index contributed by atoms with van der Waals surface area (Å²) in [5.74, 6) is 0.320. The van der Waals surface area contributed by atoms with Crippen molar-refractivity contribution in [3.05, 3.63) is 10.9 Å². The SMILES string of the molecule is CC(C)Oc1cc(N2CCC(N)CC2)nc2sc(C(=O)O)c(N)c12. The molecule has 0 saturated carbocycles. The Hall–Kier alpha value is -2.06. The summed E-state index contributed by atoms with van der Waals surface area (Å²) in [7, 11) is 0. The van der Waals surface area contributed by atoms with Gasteiger partial charge in [-0.05, 0) is 26.7 Å². The number of pyridine rings is 1. The Labute approximate surface area is 144 Å². The third-order valence-corrected chi connectivity index (χ3v) is 5.16. The molecule has 0 radical (unpaired) electrons. The van der Waals surface area contributed by atoms with Crippen molar-refractivity contribution in [1.29, 1.82) is 0 Å². The van der Waals surface area contributed by atoms with Crippen molar-refractivity contribution in [2.24, 2.45) is 5.73 Å². The maximum absolute atomic E-state index is 11.4. The normalized spacial score (nSPS) is 16.1. The van der Waals surface area contributed by atoms with E-state index in [-0.39, 0.29) is 22.7 Å². The number of nitrogen functional groups attached to an aromatic ring is 1. The van der Waals surface area contributed by atoms with Crippen molar-refractivity contribution in [1.82, 2.24) is 4.98 Å². The predicted octanol–water partition coefficient (Wildman–Crippen LogP) is 2.29. The highest BCUT2D eigenvalue weighted by atomic mass is 32.1. The maximum atomic E-state index is 11.4. The fourth-order valence-electron chi connectivity index (χ4n) is 2.87. The predicted molar refractivity (Wildman–Crippen MR) is 96.2 cm³/mol. The van der Waals surface area contributed by atoms with Gasteiger partial charge < -0.3 is 26.2 Å². The Morgan fingerprint density at radius 3 is 2.71 bits per heavy atom. The van der Waals surface area contributed by atoms with Gasteiger partial charge in [-0.3, -0.25) is 0 Å². The van der Waals surface area contributed by atoms with E-state index in [0.717, 1.165) is 43.1 Å². The second-order valence-corrected chi connectivity index (χ2v) is 7.30. The number of rotatable bonds is 4. The Bertz CT molecular complexity index is 766. The van der Waals surface area contributed by atoms with Crippen LogP contribution in [-0.2, 0) is 0 Å². The van der Waals surface area contributed by atoms with E-state index in [9.17, 15) is 9.90 Å². The molecular formula is C16H22N4O3S. The van der Waals surface area contributed by atoms with Crippen molar-refractivity contribution >= 4 is 39.0 Å². The van der Waals surface area contributed by atoms with Gasteiger partial charge in [-0.15, -0.1) is 11.3 Å². The van der Waals surface area contributed by atoms with Crippen LogP contribution in [-0.4, -0.2) is 41.3 Å². The average molecular weight is 350 g/mol. The molecule has 0 bridgehead atoms. The molecule has 1 fully saturated rings. The molecule has 1 aliphatic rings. The minimum Gasteiger partial charge on any atom is -0.490 e. The van der Waals surface area contributed by atoms with Crippen molar-refractivity contribution in [2.45, 2.75) is 38.8 Å². The number of carbonyl (C=O) groups is 1. The molecule has 0 amide bonds. The zero-order valence-electron chi connectivity index (χ0n) is 13.8. The molecule has 0 atom stereocenters. The first-order valence-corrected chi connectivity index (χ1v) is 8.82. The van der Waals surface area contributed by atoms with Crippen molar-refractivity contribution in [2.75, 3.05) is 23.7 Å². The number of carboxylic acids is 1. The molecule has 5 N–H and O–H groups in total. The van der Waals surface area contributed by atoms with Crippen LogP contribution in [0.3, 0.4) is 0 Å². The molecule has 130 valence electrons. The average Bonchev–Trinajstić information content (AvgIpc) is 2.85. The van der Waals surface area contributed by atoms with Crippen LogP contribution >= 0.6 is 11.3 Å². The van der Waals surface area contributed by atoms with Crippen LogP contribution < -0.4 is 21.1 Å². The summed E-state index contributed by atoms with van der Waals surface area (Å²) in [5, 5.41) is 9.91. The van der Waals surface area contributed by atoms with Crippen molar-refractivity contribution in [3.8, 4) is 5.75 Å². The van der Waals surface area contributed by atoms with Gasteiger partial charge in [-0.25, -0.2) is 9.78 Å². The number of carboxylic acid groups (broad SMARTS) is 1. The summed E-state index contributed by atoms with van der Waals surface area (Å²) in [6.45, 7) is 5.50. The number of aromatic nitrogens is 1. The van der Waals surface area contributed by atoms with E-state index < -0.39 is 5.97 Å². The van der Waals surface area contributed by atoms with E-state index >= 15 is 0 Å². The smallest absolute Gasteiger partial charge is 0.348 e. The van der Waals surface area contributed by atoms with Gasteiger partial charge in [0.1, 0.15) is 21.3 Å². The summed E-state index contributed by atoms with van der Waals surface area (Å²) in [6, 6.07) is 2.08. The number of hydrogen-bond acceptors (Lipinski definition) is 7. The number of piperidine rings is 1. The lowest BCUT2D eigenvalue weighted by Crippen LogP contribution is -2.40. The second-order valence-electron chi connectivity index (χ2n) is 6.30. The Morgan fingerprint density at radius 2 is 2.12 bits per heavy atom. The lowest BCUT2D eigenvalue weighted by molar-refractivity contribution is 0.0703. The number of thiophene rings is 1. The molecule has 24 heavy (non-hydrogen) atoms. The molecule has 2 aromatic heterocycles. The van der Waals surface area contributed by atoms with Crippen molar-refractivity contribution in [3.63, 3.8) is 0 Å². The van der Waals surface area contributed by atoms with E-state index in [0.29, 0.717) is 16.0 Å². The fourth-order valence-corrected chi connectivity index (χ4v) is 3.81. The minimum atomic E-state index is -1.04. The molecule has 3 rings (SSSR count). The van der Waals surface area contributed by atoms with Gasteiger partial charge in [0.25, 0.3) is 0 Å². The molecule has 0 unspecified atom stereocenters. The van der Waals surface area contributed by atoms with E-state index in [4.69, 9.17) is 16.2 Å². The first-order chi connectivity index (χ1) is 11.4. The van der Waals surface area contributed by atoms with Gasteiger partial charge in [-0.2, -0.15) is 0 Å². The Morgan fingerprint density at radius 1 is 1.46 bits per heavy atom. The van der Waals surface area contributed by atoms with E-state index in [1.54, 1.807) is 0 Å². The first kappa shape index (κ1) is 16.8. The van der Waals surface area contributed by atoms with Crippen molar-refractivity contribution < 1.29 is 14.6 Å². The van der Waals surface area contributed by atoms with Crippen LogP contribution in [0, 0.1) is 0 Å². The number of nitrogens with two attached hydrogens (primary N) is 2. The molecule has 1 aliphatic heterocycles.